The molecule has 0 spiro atoms. The second-order valence-electron chi connectivity index (χ2n) is 8.89. The fourth-order valence-corrected chi connectivity index (χ4v) is 4.03. The molecule has 3 rings (SSSR count). The zero-order valence-electron chi connectivity index (χ0n) is 17.2. The summed E-state index contributed by atoms with van der Waals surface area (Å²) in [7, 11) is 1.80. The van der Waals surface area contributed by atoms with E-state index in [-0.39, 0.29) is 18.0 Å². The lowest BCUT2D eigenvalue weighted by molar-refractivity contribution is 0.0222. The fraction of sp³-hybridized carbons (Fsp3) is 0.750. The third-order valence-corrected chi connectivity index (χ3v) is 5.49. The maximum absolute atomic E-state index is 13.0. The van der Waals surface area contributed by atoms with Gasteiger partial charge in [0.05, 0.1) is 12.2 Å². The zero-order chi connectivity index (χ0) is 19.8. The minimum Gasteiger partial charge on any atom is -0.444 e. The molecule has 1 aromatic rings. The van der Waals surface area contributed by atoms with Crippen LogP contribution in [0.15, 0.2) is 0 Å². The first-order valence-corrected chi connectivity index (χ1v) is 9.99. The van der Waals surface area contributed by atoms with Crippen LogP contribution >= 0.6 is 0 Å². The largest absolute Gasteiger partial charge is 0.444 e. The third kappa shape index (κ3) is 4.45. The van der Waals surface area contributed by atoms with Crippen molar-refractivity contribution in [1.29, 1.82) is 0 Å². The highest BCUT2D eigenvalue weighted by Gasteiger charge is 2.32. The van der Waals surface area contributed by atoms with E-state index in [0.29, 0.717) is 31.1 Å². The quantitative estimate of drug-likeness (QED) is 0.861. The topological polar surface area (TPSA) is 76.5 Å². The number of aryl methyl sites for hydroxylation is 1. The van der Waals surface area contributed by atoms with E-state index >= 15 is 0 Å². The highest BCUT2D eigenvalue weighted by Crippen LogP contribution is 2.26. The van der Waals surface area contributed by atoms with Crippen LogP contribution in [0.2, 0.25) is 0 Å². The summed E-state index contributed by atoms with van der Waals surface area (Å²) < 4.78 is 7.15. The lowest BCUT2D eigenvalue weighted by Gasteiger charge is -2.31. The molecule has 1 fully saturated rings. The summed E-state index contributed by atoms with van der Waals surface area (Å²) in [5, 5.41) is 7.74. The van der Waals surface area contributed by atoms with Gasteiger partial charge in [0, 0.05) is 31.6 Å². The first-order chi connectivity index (χ1) is 12.7. The van der Waals surface area contributed by atoms with E-state index in [1.54, 1.807) is 16.6 Å². The predicted octanol–water partition coefficient (Wildman–Crippen LogP) is 3.02. The standard InChI is InChI=1S/C20H32N4O3/c1-13-8-6-7-9-15(13)21-18(25)17-14-12-24(19(26)27-20(2,3)4)11-10-16(14)22-23(17)5/h13,15H,6-12H2,1-5H3,(H,21,25). The van der Waals surface area contributed by atoms with Crippen molar-refractivity contribution >= 4 is 12.0 Å². The number of rotatable bonds is 2. The highest BCUT2D eigenvalue weighted by molar-refractivity contribution is 5.94. The van der Waals surface area contributed by atoms with E-state index in [0.717, 1.165) is 30.5 Å². The second-order valence-corrected chi connectivity index (χ2v) is 8.89. The van der Waals surface area contributed by atoms with E-state index in [2.05, 4.69) is 17.3 Å². The van der Waals surface area contributed by atoms with Crippen LogP contribution in [-0.4, -0.2) is 44.9 Å². The number of hydrogen-bond donors (Lipinski definition) is 1. The predicted molar refractivity (Wildman–Crippen MR) is 102 cm³/mol. The average molecular weight is 377 g/mol. The number of nitrogens with zero attached hydrogens (tertiary/aromatic N) is 3. The molecule has 2 atom stereocenters. The van der Waals surface area contributed by atoms with Crippen molar-refractivity contribution in [2.45, 2.75) is 78.0 Å². The van der Waals surface area contributed by atoms with Crippen molar-refractivity contribution in [1.82, 2.24) is 20.0 Å². The molecule has 0 bridgehead atoms. The highest BCUT2D eigenvalue weighted by atomic mass is 16.6. The summed E-state index contributed by atoms with van der Waals surface area (Å²) in [4.78, 5) is 27.1. The van der Waals surface area contributed by atoms with Crippen LogP contribution in [0.3, 0.4) is 0 Å². The Labute approximate surface area is 161 Å². The Morgan fingerprint density at radius 1 is 1.22 bits per heavy atom. The molecule has 1 aliphatic carbocycles. The molecule has 0 radical (unpaired) electrons. The van der Waals surface area contributed by atoms with Crippen molar-refractivity contribution in [3.63, 3.8) is 0 Å². The van der Waals surface area contributed by atoms with E-state index in [9.17, 15) is 9.59 Å². The number of nitrogens with one attached hydrogen (secondary N) is 1. The van der Waals surface area contributed by atoms with Gasteiger partial charge < -0.3 is 15.0 Å². The smallest absolute Gasteiger partial charge is 0.410 e. The van der Waals surface area contributed by atoms with Gasteiger partial charge in [-0.2, -0.15) is 5.10 Å². The molecule has 2 aliphatic rings. The average Bonchev–Trinajstić information content (AvgIpc) is 2.90. The number of fused-ring (bicyclic) bond motifs is 1. The summed E-state index contributed by atoms with van der Waals surface area (Å²) in [6.45, 7) is 8.69. The van der Waals surface area contributed by atoms with Gasteiger partial charge in [0.15, 0.2) is 0 Å². The van der Waals surface area contributed by atoms with Gasteiger partial charge in [0.2, 0.25) is 0 Å². The number of ether oxygens (including phenoxy) is 1. The van der Waals surface area contributed by atoms with E-state index < -0.39 is 5.60 Å². The van der Waals surface area contributed by atoms with Crippen molar-refractivity contribution in [2.24, 2.45) is 13.0 Å². The van der Waals surface area contributed by atoms with Gasteiger partial charge >= 0.3 is 6.09 Å². The Bertz CT molecular complexity index is 720. The van der Waals surface area contributed by atoms with Gasteiger partial charge in [-0.15, -0.1) is 0 Å². The zero-order valence-corrected chi connectivity index (χ0v) is 17.2. The molecule has 1 saturated carbocycles. The number of amides is 2. The molecule has 2 heterocycles. The Balaban J connectivity index is 1.76. The molecule has 7 nitrogen and oxygen atoms in total. The van der Waals surface area contributed by atoms with Gasteiger partial charge in [-0.25, -0.2) is 4.79 Å². The Morgan fingerprint density at radius 2 is 1.93 bits per heavy atom. The molecule has 1 N–H and O–H groups in total. The summed E-state index contributed by atoms with van der Waals surface area (Å²) in [5.74, 6) is 0.404. The molecule has 7 heteroatoms. The second kappa shape index (κ2) is 7.52. The van der Waals surface area contributed by atoms with Crippen LogP contribution < -0.4 is 5.32 Å². The van der Waals surface area contributed by atoms with Crippen LogP contribution in [0.25, 0.3) is 0 Å². The Kier molecular flexibility index (Phi) is 5.49. The SMILES string of the molecule is CC1CCCCC1NC(=O)c1c2c(nn1C)CCN(C(=O)OC(C)(C)C)C2. The number of aromatic nitrogens is 2. The molecule has 0 aromatic carbocycles. The fourth-order valence-electron chi connectivity index (χ4n) is 4.03. The lowest BCUT2D eigenvalue weighted by atomic mass is 9.86. The molecule has 2 unspecified atom stereocenters. The van der Waals surface area contributed by atoms with Gasteiger partial charge in [-0.1, -0.05) is 19.8 Å². The summed E-state index contributed by atoms with van der Waals surface area (Å²) in [6, 6.07) is 0.211. The van der Waals surface area contributed by atoms with Gasteiger partial charge in [0.25, 0.3) is 5.91 Å². The number of hydrogen-bond acceptors (Lipinski definition) is 4. The van der Waals surface area contributed by atoms with Crippen LogP contribution in [-0.2, 0) is 24.8 Å². The minimum atomic E-state index is -0.538. The molecular weight excluding hydrogens is 344 g/mol. The molecule has 2 amide bonds. The van der Waals surface area contributed by atoms with Crippen LogP contribution in [0.5, 0.6) is 0 Å². The molecule has 0 saturated heterocycles. The third-order valence-electron chi connectivity index (χ3n) is 5.49. The van der Waals surface area contributed by atoms with Crippen molar-refractivity contribution in [3.8, 4) is 0 Å². The summed E-state index contributed by atoms with van der Waals surface area (Å²) >= 11 is 0. The first kappa shape index (κ1) is 19.7. The minimum absolute atomic E-state index is 0.0870. The maximum atomic E-state index is 13.0. The van der Waals surface area contributed by atoms with E-state index in [1.807, 2.05) is 20.8 Å². The molecular formula is C20H32N4O3. The molecule has 27 heavy (non-hydrogen) atoms. The lowest BCUT2D eigenvalue weighted by Crippen LogP contribution is -2.43. The maximum Gasteiger partial charge on any atom is 0.410 e. The molecule has 150 valence electrons. The van der Waals surface area contributed by atoms with Crippen LogP contribution in [0, 0.1) is 5.92 Å². The normalized spacial score (nSPS) is 22.9. The van der Waals surface area contributed by atoms with Crippen LogP contribution in [0.4, 0.5) is 4.79 Å². The van der Waals surface area contributed by atoms with Crippen molar-refractivity contribution < 1.29 is 14.3 Å². The van der Waals surface area contributed by atoms with Crippen molar-refractivity contribution in [3.05, 3.63) is 17.0 Å². The van der Waals surface area contributed by atoms with Gasteiger partial charge in [0.1, 0.15) is 11.3 Å². The first-order valence-electron chi connectivity index (χ1n) is 9.99. The van der Waals surface area contributed by atoms with Crippen molar-refractivity contribution in [2.75, 3.05) is 6.54 Å². The van der Waals surface area contributed by atoms with E-state index in [1.165, 1.54) is 6.42 Å². The summed E-state index contributed by atoms with van der Waals surface area (Å²) in [5.41, 5.74) is 1.77. The Morgan fingerprint density at radius 3 is 2.59 bits per heavy atom. The number of carbonyl (C=O) groups excluding carboxylic acids is 2. The molecule has 1 aromatic heterocycles. The molecule has 1 aliphatic heterocycles. The van der Waals surface area contributed by atoms with Crippen LogP contribution in [0.1, 0.15) is 75.1 Å². The summed E-state index contributed by atoms with van der Waals surface area (Å²) in [6.07, 6.45) is 4.86. The monoisotopic (exact) mass is 376 g/mol. The van der Waals surface area contributed by atoms with Gasteiger partial charge in [-0.3, -0.25) is 9.48 Å². The Hall–Kier alpha value is -2.05. The van der Waals surface area contributed by atoms with E-state index in [4.69, 9.17) is 4.74 Å². The number of carbonyl (C=O) groups is 2. The van der Waals surface area contributed by atoms with Gasteiger partial charge in [-0.05, 0) is 39.5 Å².